The molecule has 0 aliphatic rings. The molecule has 0 radical (unpaired) electrons. The molecule has 1 aromatic carbocycles. The number of benzene rings is 1. The summed E-state index contributed by atoms with van der Waals surface area (Å²) in [6, 6.07) is 5.62. The fraction of sp³-hybridized carbons (Fsp3) is 0.389. The number of nitrogens with one attached hydrogen (secondary N) is 2. The molecule has 0 spiro atoms. The molecule has 0 saturated carbocycles. The number of hydrogen-bond donors (Lipinski definition) is 3. The maximum Gasteiger partial charge on any atom is 0.226 e. The highest BCUT2D eigenvalue weighted by molar-refractivity contribution is 5.87. The molecule has 0 unspecified atom stereocenters. The summed E-state index contributed by atoms with van der Waals surface area (Å²) in [5, 5.41) is 10.7. The Balaban J connectivity index is 1.95. The van der Waals surface area contributed by atoms with E-state index >= 15 is 0 Å². The van der Waals surface area contributed by atoms with Crippen LogP contribution in [0.2, 0.25) is 0 Å². The third-order valence-electron chi connectivity index (χ3n) is 3.71. The van der Waals surface area contributed by atoms with Crippen molar-refractivity contribution in [2.24, 2.45) is 12.7 Å². The molecule has 2 aromatic heterocycles. The molecule has 8 heteroatoms. The van der Waals surface area contributed by atoms with Crippen LogP contribution in [0.1, 0.15) is 36.5 Å². The van der Waals surface area contributed by atoms with E-state index in [1.54, 1.807) is 18.2 Å². The van der Waals surface area contributed by atoms with E-state index in [4.69, 9.17) is 9.85 Å². The van der Waals surface area contributed by atoms with Gasteiger partial charge in [-0.15, -0.1) is 0 Å². The van der Waals surface area contributed by atoms with Gasteiger partial charge in [0.15, 0.2) is 5.65 Å². The first-order chi connectivity index (χ1) is 13.5. The number of anilines is 2. The third-order valence-corrected chi connectivity index (χ3v) is 3.71. The second-order valence-corrected chi connectivity index (χ2v) is 7.07. The molecule has 4 N–H and O–H groups in total. The van der Waals surface area contributed by atoms with E-state index in [9.17, 15) is 4.39 Å². The minimum atomic E-state index is -2.49. The van der Waals surface area contributed by atoms with Crippen molar-refractivity contribution in [3.05, 3.63) is 41.8 Å². The highest BCUT2D eigenvalue weighted by Gasteiger charge is 2.17. The Morgan fingerprint density at radius 1 is 1.31 bits per heavy atom. The second kappa shape index (κ2) is 6.87. The summed E-state index contributed by atoms with van der Waals surface area (Å²) in [5.74, 6) is 0.218. The van der Waals surface area contributed by atoms with E-state index in [1.165, 1.54) is 12.3 Å². The summed E-state index contributed by atoms with van der Waals surface area (Å²) >= 11 is 0. The Bertz CT molecular complexity index is 1010. The molecule has 7 nitrogen and oxygen atoms in total. The van der Waals surface area contributed by atoms with Gasteiger partial charge in [0.1, 0.15) is 11.6 Å². The molecule has 0 bridgehead atoms. The van der Waals surface area contributed by atoms with E-state index in [0.29, 0.717) is 16.8 Å². The average Bonchev–Trinajstić information content (AvgIpc) is 3.03. The number of rotatable bonds is 5. The molecular weight excluding hydrogens is 333 g/mol. The molecule has 3 rings (SSSR count). The molecule has 3 aromatic rings. The zero-order valence-electron chi connectivity index (χ0n) is 17.9. The minimum absolute atomic E-state index is 0.156. The van der Waals surface area contributed by atoms with Gasteiger partial charge in [0, 0.05) is 28.7 Å². The van der Waals surface area contributed by atoms with Crippen molar-refractivity contribution in [1.82, 2.24) is 19.7 Å². The van der Waals surface area contributed by atoms with Crippen LogP contribution >= 0.6 is 0 Å². The summed E-state index contributed by atoms with van der Waals surface area (Å²) in [4.78, 5) is 8.76. The summed E-state index contributed by atoms with van der Waals surface area (Å²) in [6.45, 7) is 3.53. The molecule has 1 atom stereocenters. The Morgan fingerprint density at radius 3 is 2.77 bits per heavy atom. The van der Waals surface area contributed by atoms with Crippen molar-refractivity contribution >= 4 is 22.8 Å². The Morgan fingerprint density at radius 2 is 2.08 bits per heavy atom. The van der Waals surface area contributed by atoms with E-state index in [2.05, 4.69) is 25.7 Å². The van der Waals surface area contributed by atoms with Gasteiger partial charge in [0.05, 0.1) is 17.6 Å². The number of halogens is 1. The standard InChI is InChI=1S/C18H24FN7/c1-18(2,3)25-15-12-9-22-26(4)16(12)24-17(23-15)21-10-14(20)11-7-5-6-8-13(11)19/h5-9,14H,10,20H2,1-4H3,(H2,21,23,24,25)/t14-/m0/s1/i4D3. The lowest BCUT2D eigenvalue weighted by atomic mass is 10.1. The van der Waals surface area contributed by atoms with Crippen LogP contribution in [0.3, 0.4) is 0 Å². The van der Waals surface area contributed by atoms with Gasteiger partial charge >= 0.3 is 0 Å². The Labute approximate surface area is 156 Å². The van der Waals surface area contributed by atoms with Gasteiger partial charge in [-0.2, -0.15) is 15.1 Å². The third kappa shape index (κ3) is 3.91. The van der Waals surface area contributed by atoms with Crippen molar-refractivity contribution in [2.45, 2.75) is 32.4 Å². The van der Waals surface area contributed by atoms with Gasteiger partial charge in [-0.3, -0.25) is 4.68 Å². The predicted molar refractivity (Wildman–Crippen MR) is 101 cm³/mol. The van der Waals surface area contributed by atoms with Crippen molar-refractivity contribution < 1.29 is 8.50 Å². The normalized spacial score (nSPS) is 15.2. The van der Waals surface area contributed by atoms with Crippen LogP contribution in [0.4, 0.5) is 16.2 Å². The fourth-order valence-electron chi connectivity index (χ4n) is 2.52. The van der Waals surface area contributed by atoms with Crippen LogP contribution in [-0.2, 0) is 6.98 Å². The van der Waals surface area contributed by atoms with Gasteiger partial charge < -0.3 is 16.4 Å². The fourth-order valence-corrected chi connectivity index (χ4v) is 2.52. The van der Waals surface area contributed by atoms with Crippen molar-refractivity contribution in [3.8, 4) is 0 Å². The molecule has 0 aliphatic carbocycles. The first-order valence-corrected chi connectivity index (χ1v) is 8.24. The molecule has 0 saturated heterocycles. The lowest BCUT2D eigenvalue weighted by Gasteiger charge is -2.22. The average molecular weight is 360 g/mol. The number of nitrogens with zero attached hydrogens (tertiary/aromatic N) is 4. The largest absolute Gasteiger partial charge is 0.365 e. The summed E-state index contributed by atoms with van der Waals surface area (Å²) in [5.41, 5.74) is 6.29. The van der Waals surface area contributed by atoms with Crippen molar-refractivity contribution in [1.29, 1.82) is 0 Å². The second-order valence-electron chi connectivity index (χ2n) is 7.07. The molecule has 0 aliphatic heterocycles. The van der Waals surface area contributed by atoms with Gasteiger partial charge in [-0.05, 0) is 26.8 Å². The lowest BCUT2D eigenvalue weighted by molar-refractivity contribution is 0.587. The molecule has 0 fully saturated rings. The monoisotopic (exact) mass is 360 g/mol. The number of aryl methyl sites for hydroxylation is 1. The van der Waals surface area contributed by atoms with Gasteiger partial charge in [0.25, 0.3) is 0 Å². The predicted octanol–water partition coefficient (Wildman–Crippen LogP) is 2.82. The van der Waals surface area contributed by atoms with Crippen LogP contribution in [0.15, 0.2) is 30.5 Å². The smallest absolute Gasteiger partial charge is 0.226 e. The molecule has 138 valence electrons. The zero-order valence-corrected chi connectivity index (χ0v) is 14.9. The van der Waals surface area contributed by atoms with Crippen molar-refractivity contribution in [2.75, 3.05) is 17.2 Å². The quantitative estimate of drug-likeness (QED) is 0.648. The maximum absolute atomic E-state index is 13.9. The summed E-state index contributed by atoms with van der Waals surface area (Å²) < 4.78 is 37.8. The van der Waals surface area contributed by atoms with Crippen molar-refractivity contribution in [3.63, 3.8) is 0 Å². The lowest BCUT2D eigenvalue weighted by Crippen LogP contribution is -2.27. The first-order valence-electron chi connectivity index (χ1n) is 9.74. The number of fused-ring (bicyclic) bond motifs is 1. The highest BCUT2D eigenvalue weighted by Crippen LogP contribution is 2.24. The van der Waals surface area contributed by atoms with Crippen LogP contribution in [0, 0.1) is 5.82 Å². The summed E-state index contributed by atoms with van der Waals surface area (Å²) in [7, 11) is 0. The molecule has 2 heterocycles. The number of hydrogen-bond acceptors (Lipinski definition) is 6. The maximum atomic E-state index is 13.9. The molecule has 0 amide bonds. The Hall–Kier alpha value is -2.74. The SMILES string of the molecule is [2H]C([2H])([2H])n1ncc2c(NC(C)(C)C)nc(NC[C@H](N)c3ccccc3F)nc21. The molecular formula is C18H24FN7. The van der Waals surface area contributed by atoms with Crippen LogP contribution < -0.4 is 16.4 Å². The van der Waals surface area contributed by atoms with Crippen LogP contribution in [0.25, 0.3) is 11.0 Å². The van der Waals surface area contributed by atoms with Gasteiger partial charge in [0.2, 0.25) is 5.95 Å². The zero-order chi connectivity index (χ0) is 21.4. The van der Waals surface area contributed by atoms with E-state index in [1.807, 2.05) is 20.8 Å². The van der Waals surface area contributed by atoms with Crippen LogP contribution in [-0.4, -0.2) is 31.8 Å². The summed E-state index contributed by atoms with van der Waals surface area (Å²) in [6.07, 6.45) is 1.42. The van der Waals surface area contributed by atoms with Crippen LogP contribution in [0.5, 0.6) is 0 Å². The van der Waals surface area contributed by atoms with E-state index in [-0.39, 0.29) is 23.7 Å². The highest BCUT2D eigenvalue weighted by atomic mass is 19.1. The van der Waals surface area contributed by atoms with Gasteiger partial charge in [-0.1, -0.05) is 18.2 Å². The number of aromatic nitrogens is 4. The Kier molecular flexibility index (Phi) is 3.82. The van der Waals surface area contributed by atoms with Gasteiger partial charge in [-0.25, -0.2) is 4.39 Å². The number of nitrogens with two attached hydrogens (primary N) is 1. The topological polar surface area (TPSA) is 93.7 Å². The minimum Gasteiger partial charge on any atom is -0.365 e. The molecule has 26 heavy (non-hydrogen) atoms. The van der Waals surface area contributed by atoms with E-state index < -0.39 is 18.8 Å². The van der Waals surface area contributed by atoms with E-state index in [0.717, 1.165) is 4.68 Å². The first kappa shape index (κ1) is 14.4.